The van der Waals surface area contributed by atoms with E-state index in [9.17, 15) is 4.79 Å². The zero-order valence-corrected chi connectivity index (χ0v) is 12.3. The highest BCUT2D eigenvalue weighted by atomic mass is 16.5. The number of rotatable bonds is 4. The molecule has 0 spiro atoms. The summed E-state index contributed by atoms with van der Waals surface area (Å²) in [6.07, 6.45) is 1.41. The van der Waals surface area contributed by atoms with Gasteiger partial charge in [0.15, 0.2) is 0 Å². The summed E-state index contributed by atoms with van der Waals surface area (Å²) in [6, 6.07) is 6.06. The average Bonchev–Trinajstić information content (AvgIpc) is 2.72. The number of carbonyl (C=O) groups is 1. The number of aryl methyl sites for hydroxylation is 1. The summed E-state index contributed by atoms with van der Waals surface area (Å²) in [5.41, 5.74) is 7.24. The third-order valence-corrected chi connectivity index (χ3v) is 4.10. The van der Waals surface area contributed by atoms with Crippen LogP contribution in [0.1, 0.15) is 50.2 Å². The predicted molar refractivity (Wildman–Crippen MR) is 78.1 cm³/mol. The third-order valence-electron chi connectivity index (χ3n) is 4.10. The Morgan fingerprint density at radius 1 is 1.50 bits per heavy atom. The van der Waals surface area contributed by atoms with Gasteiger partial charge in [-0.25, -0.2) is 0 Å². The maximum atomic E-state index is 11.1. The Balaban J connectivity index is 2.05. The standard InChI is InChI=1S/C16H23NO3/c1-10(2)14-5-4-12(8-11(14)3)20-13-6-7-16(17,9-13)15(18)19/h4-5,8,10,13H,6-7,9,17H2,1-3H3,(H,18,19). The SMILES string of the molecule is Cc1cc(OC2CCC(N)(C(=O)O)C2)ccc1C(C)C. The summed E-state index contributed by atoms with van der Waals surface area (Å²) in [5, 5.41) is 9.12. The molecular formula is C16H23NO3. The number of carboxylic acids is 1. The van der Waals surface area contributed by atoms with E-state index in [2.05, 4.69) is 26.8 Å². The Morgan fingerprint density at radius 2 is 2.20 bits per heavy atom. The molecule has 1 aliphatic rings. The van der Waals surface area contributed by atoms with Crippen molar-refractivity contribution in [2.75, 3.05) is 0 Å². The molecule has 3 N–H and O–H groups in total. The van der Waals surface area contributed by atoms with E-state index < -0.39 is 11.5 Å². The molecule has 1 aliphatic carbocycles. The number of carboxylic acid groups (broad SMARTS) is 1. The van der Waals surface area contributed by atoms with Gasteiger partial charge in [-0.15, -0.1) is 0 Å². The van der Waals surface area contributed by atoms with Gasteiger partial charge in [-0.3, -0.25) is 4.79 Å². The van der Waals surface area contributed by atoms with E-state index in [4.69, 9.17) is 15.6 Å². The van der Waals surface area contributed by atoms with Crippen molar-refractivity contribution in [2.45, 2.75) is 57.6 Å². The van der Waals surface area contributed by atoms with Crippen LogP contribution in [0, 0.1) is 6.92 Å². The Morgan fingerprint density at radius 3 is 2.70 bits per heavy atom. The molecule has 0 aromatic heterocycles. The number of hydrogen-bond donors (Lipinski definition) is 2. The molecule has 2 rings (SSSR count). The molecule has 1 saturated carbocycles. The number of nitrogens with two attached hydrogens (primary N) is 1. The first kappa shape index (κ1) is 14.9. The Kier molecular flexibility index (Phi) is 4.04. The van der Waals surface area contributed by atoms with Gasteiger partial charge in [-0.1, -0.05) is 19.9 Å². The number of ether oxygens (including phenoxy) is 1. The lowest BCUT2D eigenvalue weighted by atomic mass is 9.98. The predicted octanol–water partition coefficient (Wildman–Crippen LogP) is 2.83. The highest BCUT2D eigenvalue weighted by Gasteiger charge is 2.43. The molecule has 4 nitrogen and oxygen atoms in total. The van der Waals surface area contributed by atoms with Crippen LogP contribution < -0.4 is 10.5 Å². The molecule has 1 aromatic rings. The first-order chi connectivity index (χ1) is 9.32. The van der Waals surface area contributed by atoms with E-state index >= 15 is 0 Å². The van der Waals surface area contributed by atoms with Crippen molar-refractivity contribution in [1.29, 1.82) is 0 Å². The lowest BCUT2D eigenvalue weighted by Crippen LogP contribution is -2.46. The van der Waals surface area contributed by atoms with Gasteiger partial charge in [-0.05, 0) is 48.9 Å². The van der Waals surface area contributed by atoms with Gasteiger partial charge in [-0.2, -0.15) is 0 Å². The maximum absolute atomic E-state index is 11.1. The van der Waals surface area contributed by atoms with E-state index in [0.29, 0.717) is 25.2 Å². The van der Waals surface area contributed by atoms with Gasteiger partial charge in [0.1, 0.15) is 17.4 Å². The molecule has 0 bridgehead atoms. The van der Waals surface area contributed by atoms with Gasteiger partial charge in [0.25, 0.3) is 0 Å². The van der Waals surface area contributed by atoms with Crippen molar-refractivity contribution >= 4 is 5.97 Å². The molecule has 0 saturated heterocycles. The minimum absolute atomic E-state index is 0.111. The second-order valence-corrected chi connectivity index (χ2v) is 6.12. The van der Waals surface area contributed by atoms with Gasteiger partial charge in [0, 0.05) is 6.42 Å². The molecule has 0 aliphatic heterocycles. The molecule has 4 heteroatoms. The second-order valence-electron chi connectivity index (χ2n) is 6.12. The summed E-state index contributed by atoms with van der Waals surface area (Å²) in [7, 11) is 0. The highest BCUT2D eigenvalue weighted by molar-refractivity contribution is 5.79. The maximum Gasteiger partial charge on any atom is 0.323 e. The van der Waals surface area contributed by atoms with E-state index in [1.165, 1.54) is 11.1 Å². The summed E-state index contributed by atoms with van der Waals surface area (Å²) in [6.45, 7) is 6.40. The largest absolute Gasteiger partial charge is 0.490 e. The molecular weight excluding hydrogens is 254 g/mol. The van der Waals surface area contributed by atoms with Crippen molar-refractivity contribution in [3.8, 4) is 5.75 Å². The van der Waals surface area contributed by atoms with Gasteiger partial charge in [0.05, 0.1) is 0 Å². The van der Waals surface area contributed by atoms with Crippen molar-refractivity contribution in [3.63, 3.8) is 0 Å². The van der Waals surface area contributed by atoms with Crippen LogP contribution in [-0.4, -0.2) is 22.7 Å². The number of benzene rings is 1. The Bertz CT molecular complexity index is 512. The van der Waals surface area contributed by atoms with Gasteiger partial charge < -0.3 is 15.6 Å². The van der Waals surface area contributed by atoms with Crippen LogP contribution in [0.2, 0.25) is 0 Å². The number of hydrogen-bond acceptors (Lipinski definition) is 3. The number of aliphatic carboxylic acids is 1. The van der Waals surface area contributed by atoms with Crippen molar-refractivity contribution < 1.29 is 14.6 Å². The monoisotopic (exact) mass is 277 g/mol. The smallest absolute Gasteiger partial charge is 0.323 e. The Labute approximate surface area is 119 Å². The fourth-order valence-corrected chi connectivity index (χ4v) is 2.89. The van der Waals surface area contributed by atoms with Crippen LogP contribution in [0.5, 0.6) is 5.75 Å². The topological polar surface area (TPSA) is 72.5 Å². The van der Waals surface area contributed by atoms with Gasteiger partial charge >= 0.3 is 5.97 Å². The molecule has 1 fully saturated rings. The molecule has 2 atom stereocenters. The lowest BCUT2D eigenvalue weighted by molar-refractivity contribution is -0.143. The van der Waals surface area contributed by atoms with Crippen molar-refractivity contribution in [3.05, 3.63) is 29.3 Å². The normalized spacial score (nSPS) is 25.9. The quantitative estimate of drug-likeness (QED) is 0.887. The van der Waals surface area contributed by atoms with E-state index in [1.807, 2.05) is 12.1 Å². The summed E-state index contributed by atoms with van der Waals surface area (Å²) >= 11 is 0. The third kappa shape index (κ3) is 2.96. The van der Waals surface area contributed by atoms with Crippen LogP contribution in [0.3, 0.4) is 0 Å². The molecule has 0 radical (unpaired) electrons. The van der Waals surface area contributed by atoms with Gasteiger partial charge in [0.2, 0.25) is 0 Å². The molecule has 1 aromatic carbocycles. The van der Waals surface area contributed by atoms with E-state index in [0.717, 1.165) is 5.75 Å². The van der Waals surface area contributed by atoms with Crippen LogP contribution in [0.25, 0.3) is 0 Å². The minimum atomic E-state index is -1.13. The fraction of sp³-hybridized carbons (Fsp3) is 0.562. The second kappa shape index (κ2) is 5.44. The van der Waals surface area contributed by atoms with Crippen LogP contribution >= 0.6 is 0 Å². The summed E-state index contributed by atoms with van der Waals surface area (Å²) < 4.78 is 5.89. The van der Waals surface area contributed by atoms with Crippen LogP contribution in [-0.2, 0) is 4.79 Å². The molecule has 20 heavy (non-hydrogen) atoms. The van der Waals surface area contributed by atoms with Crippen molar-refractivity contribution in [1.82, 2.24) is 0 Å². The summed E-state index contributed by atoms with van der Waals surface area (Å²) in [5.74, 6) is 0.348. The average molecular weight is 277 g/mol. The summed E-state index contributed by atoms with van der Waals surface area (Å²) in [4.78, 5) is 11.1. The van der Waals surface area contributed by atoms with E-state index in [-0.39, 0.29) is 6.10 Å². The Hall–Kier alpha value is -1.55. The zero-order chi connectivity index (χ0) is 14.9. The molecule has 110 valence electrons. The first-order valence-electron chi connectivity index (χ1n) is 7.11. The molecule has 0 amide bonds. The van der Waals surface area contributed by atoms with Crippen LogP contribution in [0.15, 0.2) is 18.2 Å². The first-order valence-corrected chi connectivity index (χ1v) is 7.11. The zero-order valence-electron chi connectivity index (χ0n) is 12.3. The highest BCUT2D eigenvalue weighted by Crippen LogP contribution is 2.32. The van der Waals surface area contributed by atoms with Crippen LogP contribution in [0.4, 0.5) is 0 Å². The van der Waals surface area contributed by atoms with E-state index in [1.54, 1.807) is 0 Å². The molecule has 2 unspecified atom stereocenters. The fourth-order valence-electron chi connectivity index (χ4n) is 2.89. The lowest BCUT2D eigenvalue weighted by Gasteiger charge is -2.19. The minimum Gasteiger partial charge on any atom is -0.490 e. The molecule has 0 heterocycles. The van der Waals surface area contributed by atoms with Crippen molar-refractivity contribution in [2.24, 2.45) is 5.73 Å².